The van der Waals surface area contributed by atoms with Crippen molar-refractivity contribution in [3.8, 4) is 11.3 Å². The van der Waals surface area contributed by atoms with Gasteiger partial charge in [-0.25, -0.2) is 9.97 Å². The lowest BCUT2D eigenvalue weighted by Gasteiger charge is -2.32. The van der Waals surface area contributed by atoms with E-state index < -0.39 is 24.4 Å². The van der Waals surface area contributed by atoms with Gasteiger partial charge in [0, 0.05) is 73.8 Å². The number of nitrogens with one attached hydrogen (secondary N) is 2. The fraction of sp³-hybridized carbons (Fsp3) is 0.273. The molecule has 46 heavy (non-hydrogen) atoms. The van der Waals surface area contributed by atoms with Crippen molar-refractivity contribution < 1.29 is 24.6 Å². The van der Waals surface area contributed by atoms with Crippen molar-refractivity contribution in [2.75, 3.05) is 43.9 Å². The zero-order valence-electron chi connectivity index (χ0n) is 25.8. The SMILES string of the molecule is Cc1ccc(NC(=O)c2ccc(CN3CCN(C)CC3)cc2)cc1Nc1nccc(-c2cccnc2)n1.NC(CC(=O)O)C(=O)O. The van der Waals surface area contributed by atoms with Gasteiger partial charge in [-0.05, 0) is 67.6 Å². The Balaban J connectivity index is 0.000000468. The van der Waals surface area contributed by atoms with Crippen molar-refractivity contribution in [2.45, 2.75) is 25.9 Å². The van der Waals surface area contributed by atoms with Crippen LogP contribution in [0.1, 0.15) is 27.9 Å². The number of aliphatic carboxylic acids is 2. The van der Waals surface area contributed by atoms with Crippen LogP contribution in [-0.4, -0.2) is 92.1 Å². The molecular weight excluding hydrogens is 588 g/mol. The predicted molar refractivity (Wildman–Crippen MR) is 175 cm³/mol. The molecule has 1 fully saturated rings. The van der Waals surface area contributed by atoms with Crippen molar-refractivity contribution in [3.05, 3.63) is 95.9 Å². The molecule has 240 valence electrons. The summed E-state index contributed by atoms with van der Waals surface area (Å²) in [6, 6.07) is 18.0. The number of pyridine rings is 1. The lowest BCUT2D eigenvalue weighted by atomic mass is 10.1. The van der Waals surface area contributed by atoms with E-state index in [0.717, 1.165) is 55.2 Å². The summed E-state index contributed by atoms with van der Waals surface area (Å²) in [5.41, 5.74) is 10.9. The highest BCUT2D eigenvalue weighted by Gasteiger charge is 2.15. The van der Waals surface area contributed by atoms with Gasteiger partial charge in [-0.3, -0.25) is 24.3 Å². The minimum absolute atomic E-state index is 0.143. The standard InChI is InChI=1S/C29H31N7O.C4H7NO4/c1-21-5-10-25(18-27(21)34-29-31-13-11-26(33-29)24-4-3-12-30-19-24)32-28(37)23-8-6-22(7-9-23)20-36-16-14-35(2)15-17-36;5-2(4(8)9)1-3(6)7/h3-13,18-19H,14-17,20H2,1-2H3,(H,32,37)(H,31,33,34);2H,1,5H2,(H,6,7)(H,8,9). The number of carbonyl (C=O) groups is 3. The maximum Gasteiger partial charge on any atom is 0.321 e. The number of benzene rings is 2. The quantitative estimate of drug-likeness (QED) is 0.173. The second-order valence-electron chi connectivity index (χ2n) is 10.9. The maximum absolute atomic E-state index is 12.9. The summed E-state index contributed by atoms with van der Waals surface area (Å²) < 4.78 is 0. The molecule has 1 amide bonds. The Morgan fingerprint density at radius 2 is 1.72 bits per heavy atom. The molecule has 1 aliphatic rings. The van der Waals surface area contributed by atoms with E-state index in [9.17, 15) is 14.4 Å². The summed E-state index contributed by atoms with van der Waals surface area (Å²) in [5, 5.41) is 22.3. The van der Waals surface area contributed by atoms with Crippen LogP contribution in [-0.2, 0) is 16.1 Å². The van der Waals surface area contributed by atoms with E-state index in [1.54, 1.807) is 18.6 Å². The summed E-state index contributed by atoms with van der Waals surface area (Å²) in [7, 11) is 2.16. The number of carbonyl (C=O) groups excluding carboxylic acids is 1. The number of aryl methyl sites for hydroxylation is 1. The van der Waals surface area contributed by atoms with Gasteiger partial charge in [-0.1, -0.05) is 18.2 Å². The van der Waals surface area contributed by atoms with Crippen molar-refractivity contribution >= 4 is 35.2 Å². The van der Waals surface area contributed by atoms with E-state index in [0.29, 0.717) is 17.2 Å². The number of carboxylic acid groups (broad SMARTS) is 2. The van der Waals surface area contributed by atoms with E-state index >= 15 is 0 Å². The molecule has 4 aromatic rings. The third kappa shape index (κ3) is 10.2. The Morgan fingerprint density at radius 1 is 0.978 bits per heavy atom. The number of amides is 1. The molecule has 1 saturated heterocycles. The number of hydrogen-bond donors (Lipinski definition) is 5. The van der Waals surface area contributed by atoms with Crippen LogP contribution in [0.3, 0.4) is 0 Å². The number of aromatic nitrogens is 3. The van der Waals surface area contributed by atoms with Crippen LogP contribution < -0.4 is 16.4 Å². The number of nitrogens with zero attached hydrogens (tertiary/aromatic N) is 5. The molecule has 6 N–H and O–H groups in total. The Morgan fingerprint density at radius 3 is 2.35 bits per heavy atom. The third-order valence-electron chi connectivity index (χ3n) is 7.28. The molecule has 0 bridgehead atoms. The number of piperazine rings is 1. The predicted octanol–water partition coefficient (Wildman–Crippen LogP) is 3.46. The average molecular weight is 627 g/mol. The average Bonchev–Trinajstić information content (AvgIpc) is 3.04. The number of rotatable bonds is 10. The molecule has 1 aliphatic heterocycles. The van der Waals surface area contributed by atoms with Gasteiger partial charge in [0.1, 0.15) is 6.04 Å². The molecule has 0 saturated carbocycles. The molecule has 2 aromatic heterocycles. The molecule has 1 atom stereocenters. The first-order chi connectivity index (χ1) is 22.1. The number of hydrogen-bond acceptors (Lipinski definition) is 10. The fourth-order valence-electron chi connectivity index (χ4n) is 4.55. The molecule has 3 heterocycles. The monoisotopic (exact) mass is 626 g/mol. The number of carboxylic acids is 2. The highest BCUT2D eigenvalue weighted by Crippen LogP contribution is 2.25. The van der Waals surface area contributed by atoms with E-state index in [1.807, 2.05) is 67.6 Å². The van der Waals surface area contributed by atoms with Crippen LogP contribution in [0.5, 0.6) is 0 Å². The molecule has 13 heteroatoms. The van der Waals surface area contributed by atoms with Gasteiger partial charge < -0.3 is 31.5 Å². The Kier molecular flexibility index (Phi) is 11.8. The van der Waals surface area contributed by atoms with Gasteiger partial charge in [-0.2, -0.15) is 0 Å². The van der Waals surface area contributed by atoms with E-state index in [-0.39, 0.29) is 5.91 Å². The minimum atomic E-state index is -1.29. The van der Waals surface area contributed by atoms with Gasteiger partial charge in [-0.15, -0.1) is 0 Å². The third-order valence-corrected chi connectivity index (χ3v) is 7.28. The van der Waals surface area contributed by atoms with E-state index in [1.165, 1.54) is 5.56 Å². The Hall–Kier alpha value is -5.24. The van der Waals surface area contributed by atoms with Gasteiger partial charge in [0.25, 0.3) is 5.91 Å². The fourth-order valence-corrected chi connectivity index (χ4v) is 4.55. The summed E-state index contributed by atoms with van der Waals surface area (Å²) in [6.45, 7) is 7.24. The van der Waals surface area contributed by atoms with Crippen LogP contribution in [0.15, 0.2) is 79.3 Å². The van der Waals surface area contributed by atoms with Gasteiger partial charge in [0.2, 0.25) is 5.95 Å². The molecule has 0 aliphatic carbocycles. The Bertz CT molecular complexity index is 1630. The van der Waals surface area contributed by atoms with Gasteiger partial charge in [0.05, 0.1) is 12.1 Å². The van der Waals surface area contributed by atoms with Crippen LogP contribution >= 0.6 is 0 Å². The number of anilines is 3. The molecular formula is C33H38N8O5. The number of nitrogens with two attached hydrogens (primary N) is 1. The first kappa shape index (κ1) is 33.6. The molecule has 2 aromatic carbocycles. The first-order valence-corrected chi connectivity index (χ1v) is 14.7. The van der Waals surface area contributed by atoms with Crippen LogP contribution in [0.25, 0.3) is 11.3 Å². The molecule has 1 unspecified atom stereocenters. The summed E-state index contributed by atoms with van der Waals surface area (Å²) >= 11 is 0. The van der Waals surface area contributed by atoms with Crippen LogP contribution in [0.2, 0.25) is 0 Å². The van der Waals surface area contributed by atoms with Gasteiger partial charge in [0.15, 0.2) is 0 Å². The Labute approximate surface area is 267 Å². The maximum atomic E-state index is 12.9. The van der Waals surface area contributed by atoms with Crippen molar-refractivity contribution in [1.29, 1.82) is 0 Å². The lowest BCUT2D eigenvalue weighted by Crippen LogP contribution is -2.43. The summed E-state index contributed by atoms with van der Waals surface area (Å²) in [5.74, 6) is -2.16. The molecule has 5 rings (SSSR count). The second kappa shape index (κ2) is 16.2. The molecule has 0 radical (unpaired) electrons. The zero-order valence-corrected chi connectivity index (χ0v) is 25.8. The summed E-state index contributed by atoms with van der Waals surface area (Å²) in [4.78, 5) is 50.5. The van der Waals surface area contributed by atoms with Crippen molar-refractivity contribution in [2.24, 2.45) is 5.73 Å². The molecule has 13 nitrogen and oxygen atoms in total. The van der Waals surface area contributed by atoms with Crippen LogP contribution in [0.4, 0.5) is 17.3 Å². The lowest BCUT2D eigenvalue weighted by molar-refractivity contribution is -0.144. The second-order valence-corrected chi connectivity index (χ2v) is 10.9. The van der Waals surface area contributed by atoms with Crippen molar-refractivity contribution in [3.63, 3.8) is 0 Å². The summed E-state index contributed by atoms with van der Waals surface area (Å²) in [6.07, 6.45) is 4.68. The highest BCUT2D eigenvalue weighted by molar-refractivity contribution is 6.04. The van der Waals surface area contributed by atoms with Crippen molar-refractivity contribution in [1.82, 2.24) is 24.8 Å². The number of likely N-dealkylation sites (N-methyl/N-ethyl adjacent to an activating group) is 1. The molecule has 0 spiro atoms. The van der Waals surface area contributed by atoms with E-state index in [2.05, 4.69) is 42.4 Å². The van der Waals surface area contributed by atoms with E-state index in [4.69, 9.17) is 15.9 Å². The topological polar surface area (TPSA) is 187 Å². The highest BCUT2D eigenvalue weighted by atomic mass is 16.4. The minimum Gasteiger partial charge on any atom is -0.481 e. The first-order valence-electron chi connectivity index (χ1n) is 14.7. The zero-order chi connectivity index (χ0) is 33.1. The van der Waals surface area contributed by atoms with Crippen LogP contribution in [0, 0.1) is 6.92 Å². The normalized spacial score (nSPS) is 14.0. The smallest absolute Gasteiger partial charge is 0.321 e. The van der Waals surface area contributed by atoms with Gasteiger partial charge >= 0.3 is 11.9 Å². The largest absolute Gasteiger partial charge is 0.481 e.